The highest BCUT2D eigenvalue weighted by molar-refractivity contribution is 5.83. The highest BCUT2D eigenvalue weighted by Gasteiger charge is 2.23. The average Bonchev–Trinajstić information content (AvgIpc) is 3.48. The molecule has 7 nitrogen and oxygen atoms in total. The Hall–Kier alpha value is -4.14. The van der Waals surface area contributed by atoms with E-state index in [2.05, 4.69) is 10.1 Å². The number of imidazole rings is 1. The van der Waals surface area contributed by atoms with Gasteiger partial charge < -0.3 is 5.73 Å². The number of hydrogen-bond donors (Lipinski definition) is 1. The third-order valence-electron chi connectivity index (χ3n) is 5.69. The molecule has 9 heteroatoms. The van der Waals surface area contributed by atoms with E-state index < -0.39 is 12.1 Å². The normalized spacial score (nSPS) is 15.4. The predicted molar refractivity (Wildman–Crippen MR) is 116 cm³/mol. The molecule has 1 aliphatic rings. The summed E-state index contributed by atoms with van der Waals surface area (Å²) in [4.78, 5) is 13.7. The summed E-state index contributed by atoms with van der Waals surface area (Å²) < 4.78 is 30.7. The van der Waals surface area contributed by atoms with E-state index >= 15 is 0 Å². The summed E-state index contributed by atoms with van der Waals surface area (Å²) in [6, 6.07) is 14.3. The maximum Gasteiger partial charge on any atom is 0.233 e. The molecule has 0 fully saturated rings. The number of nitrogens with zero attached hydrogens (tertiary/aromatic N) is 6. The van der Waals surface area contributed by atoms with Crippen molar-refractivity contribution in [2.45, 2.75) is 19.0 Å². The molecule has 158 valence electrons. The Morgan fingerprint density at radius 2 is 1.88 bits per heavy atom. The SMILES string of the molecule is Nc1ncccc1-c1nc2ccc(-n3ccc(F)n3)nc2n1-c1ccc2c(c1)CC(F)C2. The van der Waals surface area contributed by atoms with Crippen molar-refractivity contribution in [3.8, 4) is 22.9 Å². The molecule has 4 heterocycles. The molecule has 32 heavy (non-hydrogen) atoms. The van der Waals surface area contributed by atoms with Gasteiger partial charge in [0.05, 0.1) is 5.56 Å². The van der Waals surface area contributed by atoms with Gasteiger partial charge in [0.15, 0.2) is 17.3 Å². The van der Waals surface area contributed by atoms with E-state index in [9.17, 15) is 8.78 Å². The zero-order chi connectivity index (χ0) is 21.8. The molecule has 1 aliphatic carbocycles. The topological polar surface area (TPSA) is 87.4 Å². The fraction of sp³-hybridized carbons (Fsp3) is 0.130. The molecule has 2 N–H and O–H groups in total. The summed E-state index contributed by atoms with van der Waals surface area (Å²) in [6.07, 6.45) is 3.06. The van der Waals surface area contributed by atoms with Gasteiger partial charge in [-0.1, -0.05) is 6.07 Å². The fourth-order valence-corrected chi connectivity index (χ4v) is 4.23. The molecule has 0 amide bonds. The van der Waals surface area contributed by atoms with Crippen LogP contribution in [-0.2, 0) is 12.8 Å². The van der Waals surface area contributed by atoms with Crippen LogP contribution in [0.1, 0.15) is 11.1 Å². The number of aromatic nitrogens is 6. The van der Waals surface area contributed by atoms with Gasteiger partial charge in [-0.05, 0) is 47.5 Å². The van der Waals surface area contributed by atoms with Gasteiger partial charge in [0.2, 0.25) is 5.95 Å². The second kappa shape index (κ2) is 6.94. The van der Waals surface area contributed by atoms with Crippen molar-refractivity contribution in [3.63, 3.8) is 0 Å². The lowest BCUT2D eigenvalue weighted by molar-refractivity contribution is 0.349. The maximum atomic E-state index is 14.0. The number of halogens is 2. The molecule has 6 rings (SSSR count). The minimum atomic E-state index is -0.868. The van der Waals surface area contributed by atoms with Crippen molar-refractivity contribution in [2.24, 2.45) is 0 Å². The Morgan fingerprint density at radius 1 is 1.00 bits per heavy atom. The summed E-state index contributed by atoms with van der Waals surface area (Å²) in [5.41, 5.74) is 10.8. The Labute approximate surface area is 181 Å². The Kier molecular flexibility index (Phi) is 4.04. The summed E-state index contributed by atoms with van der Waals surface area (Å²) >= 11 is 0. The van der Waals surface area contributed by atoms with E-state index in [1.807, 2.05) is 28.8 Å². The first kappa shape index (κ1) is 18.6. The number of hydrogen-bond acceptors (Lipinski definition) is 5. The molecule has 1 aromatic carbocycles. The lowest BCUT2D eigenvalue weighted by atomic mass is 10.1. The summed E-state index contributed by atoms with van der Waals surface area (Å²) in [5.74, 6) is 0.752. The number of rotatable bonds is 3. The van der Waals surface area contributed by atoms with E-state index in [0.29, 0.717) is 47.0 Å². The molecule has 0 spiro atoms. The summed E-state index contributed by atoms with van der Waals surface area (Å²) in [5, 5.41) is 3.81. The van der Waals surface area contributed by atoms with Gasteiger partial charge in [0, 0.05) is 37.0 Å². The Bertz CT molecular complexity index is 1490. The lowest BCUT2D eigenvalue weighted by Crippen LogP contribution is -2.04. The smallest absolute Gasteiger partial charge is 0.233 e. The second-order valence-corrected chi connectivity index (χ2v) is 7.76. The highest BCUT2D eigenvalue weighted by atomic mass is 19.1. The van der Waals surface area contributed by atoms with Gasteiger partial charge >= 0.3 is 0 Å². The van der Waals surface area contributed by atoms with Gasteiger partial charge in [-0.25, -0.2) is 24.0 Å². The minimum absolute atomic E-state index is 0.336. The first-order valence-corrected chi connectivity index (χ1v) is 10.1. The largest absolute Gasteiger partial charge is 0.383 e. The third-order valence-corrected chi connectivity index (χ3v) is 5.69. The maximum absolute atomic E-state index is 14.0. The molecule has 1 atom stereocenters. The zero-order valence-corrected chi connectivity index (χ0v) is 16.8. The number of pyridine rings is 2. The van der Waals surface area contributed by atoms with Gasteiger partial charge in [0.25, 0.3) is 0 Å². The quantitative estimate of drug-likeness (QED) is 0.471. The van der Waals surface area contributed by atoms with Crippen LogP contribution < -0.4 is 5.73 Å². The first-order chi connectivity index (χ1) is 15.6. The van der Waals surface area contributed by atoms with Gasteiger partial charge in [0.1, 0.15) is 17.5 Å². The molecule has 0 radical (unpaired) electrons. The summed E-state index contributed by atoms with van der Waals surface area (Å²) in [6.45, 7) is 0. The summed E-state index contributed by atoms with van der Waals surface area (Å²) in [7, 11) is 0. The van der Waals surface area contributed by atoms with Gasteiger partial charge in [-0.15, -0.1) is 5.10 Å². The van der Waals surface area contributed by atoms with Crippen LogP contribution in [0.2, 0.25) is 0 Å². The number of anilines is 1. The minimum Gasteiger partial charge on any atom is -0.383 e. The number of alkyl halides is 1. The second-order valence-electron chi connectivity index (χ2n) is 7.76. The zero-order valence-electron chi connectivity index (χ0n) is 16.8. The molecular formula is C23H17F2N7. The Morgan fingerprint density at radius 3 is 2.69 bits per heavy atom. The van der Waals surface area contributed by atoms with Crippen molar-refractivity contribution >= 4 is 17.0 Å². The number of nitrogen functional groups attached to an aromatic ring is 1. The molecule has 0 saturated carbocycles. The third kappa shape index (κ3) is 2.93. The standard InChI is InChI=1S/C23H17F2N7/c24-15-10-13-3-4-16(12-14(13)11-15)32-22(17-2-1-8-27-21(17)26)28-18-5-6-20(29-23(18)32)31-9-7-19(25)30-31/h1-9,12,15H,10-11H2,(H2,26,27). The van der Waals surface area contributed by atoms with Crippen LogP contribution in [0.4, 0.5) is 14.6 Å². The number of benzene rings is 1. The fourth-order valence-electron chi connectivity index (χ4n) is 4.23. The molecule has 0 bridgehead atoms. The molecule has 4 aromatic heterocycles. The predicted octanol–water partition coefficient (Wildman–Crippen LogP) is 3.83. The molecule has 0 saturated heterocycles. The van der Waals surface area contributed by atoms with E-state index in [1.165, 1.54) is 16.9 Å². The van der Waals surface area contributed by atoms with E-state index in [1.54, 1.807) is 24.4 Å². The van der Waals surface area contributed by atoms with Gasteiger partial charge in [-0.3, -0.25) is 4.57 Å². The number of fused-ring (bicyclic) bond motifs is 2. The van der Waals surface area contributed by atoms with Crippen LogP contribution in [0, 0.1) is 5.95 Å². The van der Waals surface area contributed by atoms with Gasteiger partial charge in [-0.2, -0.15) is 4.39 Å². The average molecular weight is 429 g/mol. The highest BCUT2D eigenvalue weighted by Crippen LogP contribution is 2.33. The van der Waals surface area contributed by atoms with Crippen molar-refractivity contribution in [1.82, 2.24) is 29.3 Å². The van der Waals surface area contributed by atoms with Crippen LogP contribution in [0.25, 0.3) is 34.1 Å². The lowest BCUT2D eigenvalue weighted by Gasteiger charge is -2.12. The van der Waals surface area contributed by atoms with Crippen LogP contribution in [0.3, 0.4) is 0 Å². The van der Waals surface area contributed by atoms with Crippen molar-refractivity contribution in [2.75, 3.05) is 5.73 Å². The molecule has 5 aromatic rings. The molecule has 0 aliphatic heterocycles. The first-order valence-electron chi connectivity index (χ1n) is 10.1. The monoisotopic (exact) mass is 429 g/mol. The Balaban J connectivity index is 1.62. The van der Waals surface area contributed by atoms with Crippen LogP contribution >= 0.6 is 0 Å². The van der Waals surface area contributed by atoms with E-state index in [4.69, 9.17) is 15.7 Å². The van der Waals surface area contributed by atoms with E-state index in [-0.39, 0.29) is 0 Å². The van der Waals surface area contributed by atoms with E-state index in [0.717, 1.165) is 16.8 Å². The van der Waals surface area contributed by atoms with Crippen LogP contribution in [0.15, 0.2) is 60.9 Å². The van der Waals surface area contributed by atoms with Crippen LogP contribution in [-0.4, -0.2) is 35.5 Å². The van der Waals surface area contributed by atoms with Crippen LogP contribution in [0.5, 0.6) is 0 Å². The van der Waals surface area contributed by atoms with Crippen molar-refractivity contribution in [3.05, 3.63) is 78.0 Å². The molecule has 1 unspecified atom stereocenters. The molecular weight excluding hydrogens is 412 g/mol. The van der Waals surface area contributed by atoms with Crippen molar-refractivity contribution in [1.29, 1.82) is 0 Å². The number of nitrogens with two attached hydrogens (primary N) is 1. The van der Waals surface area contributed by atoms with Crippen molar-refractivity contribution < 1.29 is 8.78 Å².